The number of rotatable bonds is 7. The molecule has 0 saturated carbocycles. The van der Waals surface area contributed by atoms with Crippen molar-refractivity contribution >= 4 is 23.4 Å². The summed E-state index contributed by atoms with van der Waals surface area (Å²) in [5, 5.41) is 0. The first kappa shape index (κ1) is 22.8. The molecule has 1 saturated heterocycles. The number of amides is 1. The van der Waals surface area contributed by atoms with Gasteiger partial charge in [0.1, 0.15) is 11.6 Å². The summed E-state index contributed by atoms with van der Waals surface area (Å²) >= 11 is 0. The Bertz CT molecular complexity index is 931. The van der Waals surface area contributed by atoms with E-state index in [9.17, 15) is 9.18 Å². The molecule has 0 spiro atoms. The molecular formula is C25H34FN3O2. The molecule has 2 aromatic carbocycles. The molecule has 1 atom stereocenters. The van der Waals surface area contributed by atoms with Gasteiger partial charge in [-0.15, -0.1) is 0 Å². The van der Waals surface area contributed by atoms with Gasteiger partial charge in [-0.2, -0.15) is 0 Å². The largest absolute Gasteiger partial charge is 0.491 e. The quantitative estimate of drug-likeness (QED) is 0.602. The Morgan fingerprint density at radius 3 is 2.48 bits per heavy atom. The highest BCUT2D eigenvalue weighted by molar-refractivity contribution is 6.03. The highest BCUT2D eigenvalue weighted by atomic mass is 19.1. The average molecular weight is 428 g/mol. The zero-order valence-corrected chi connectivity index (χ0v) is 19.0. The van der Waals surface area contributed by atoms with Crippen molar-refractivity contribution in [1.29, 1.82) is 0 Å². The second-order valence-corrected chi connectivity index (χ2v) is 8.45. The lowest BCUT2D eigenvalue weighted by Crippen LogP contribution is -2.31. The van der Waals surface area contributed by atoms with Crippen LogP contribution in [0.25, 0.3) is 6.08 Å². The minimum atomic E-state index is -0.304. The minimum Gasteiger partial charge on any atom is -0.491 e. The van der Waals surface area contributed by atoms with Gasteiger partial charge in [0.15, 0.2) is 0 Å². The van der Waals surface area contributed by atoms with E-state index in [1.54, 1.807) is 25.3 Å². The Morgan fingerprint density at radius 2 is 1.90 bits per heavy atom. The number of ether oxygens (including phenoxy) is 1. The third kappa shape index (κ3) is 5.85. The topological polar surface area (TPSA) is 36.0 Å². The molecular weight excluding hydrogens is 393 g/mol. The third-order valence-electron chi connectivity index (χ3n) is 5.55. The molecule has 31 heavy (non-hydrogen) atoms. The Labute approximate surface area is 186 Å². The number of hydrogen-bond donors (Lipinski definition) is 0. The molecule has 2 aromatic rings. The van der Waals surface area contributed by atoms with Crippen molar-refractivity contribution in [2.24, 2.45) is 0 Å². The predicted molar refractivity (Wildman–Crippen MR) is 127 cm³/mol. The van der Waals surface area contributed by atoms with Crippen LogP contribution < -0.4 is 14.5 Å². The summed E-state index contributed by atoms with van der Waals surface area (Å²) in [6.45, 7) is 5.59. The van der Waals surface area contributed by atoms with Gasteiger partial charge in [-0.25, -0.2) is 4.39 Å². The maximum Gasteiger partial charge on any atom is 0.250 e. The Kier molecular flexibility index (Phi) is 7.33. The van der Waals surface area contributed by atoms with E-state index in [0.717, 1.165) is 30.8 Å². The lowest BCUT2D eigenvalue weighted by molar-refractivity contribution is -0.113. The number of nitrogens with zero attached hydrogens (tertiary/aromatic N) is 3. The highest BCUT2D eigenvalue weighted by Gasteiger charge is 2.26. The van der Waals surface area contributed by atoms with Gasteiger partial charge in [-0.1, -0.05) is 12.1 Å². The van der Waals surface area contributed by atoms with Crippen LogP contribution in [0.2, 0.25) is 0 Å². The van der Waals surface area contributed by atoms with Gasteiger partial charge in [0.25, 0.3) is 5.91 Å². The molecule has 1 unspecified atom stereocenters. The standard InChI is InChI=1S/C25H32FN3O2.H2/c1-18(2)31-22-10-6-19(7-11-22)8-13-25(30)28(5)20-9-12-24(23(26)16-20)29-15-14-21(17-29)27(3)4;/h6-13,16,18,21H,14-15,17H2,1-5H3;1H/b13-8+;. The van der Waals surface area contributed by atoms with E-state index in [0.29, 0.717) is 17.4 Å². The number of hydrogen-bond acceptors (Lipinski definition) is 4. The number of benzene rings is 2. The van der Waals surface area contributed by atoms with Crippen molar-refractivity contribution in [3.63, 3.8) is 0 Å². The summed E-state index contributed by atoms with van der Waals surface area (Å²) in [6.07, 6.45) is 4.37. The molecule has 1 heterocycles. The first-order valence-electron chi connectivity index (χ1n) is 10.7. The zero-order chi connectivity index (χ0) is 22.5. The molecule has 0 N–H and O–H groups in total. The van der Waals surface area contributed by atoms with E-state index in [1.165, 1.54) is 17.0 Å². The molecule has 3 rings (SSSR count). The number of likely N-dealkylation sites (N-methyl/N-ethyl adjacent to an activating group) is 2. The fourth-order valence-electron chi connectivity index (χ4n) is 3.68. The van der Waals surface area contributed by atoms with Gasteiger partial charge in [0.05, 0.1) is 11.8 Å². The molecule has 1 amide bonds. The molecule has 0 aliphatic carbocycles. The van der Waals surface area contributed by atoms with Gasteiger partial charge < -0.3 is 19.4 Å². The fourth-order valence-corrected chi connectivity index (χ4v) is 3.68. The highest BCUT2D eigenvalue weighted by Crippen LogP contribution is 2.28. The van der Waals surface area contributed by atoms with E-state index in [2.05, 4.69) is 23.9 Å². The van der Waals surface area contributed by atoms with Crippen LogP contribution in [0.5, 0.6) is 5.75 Å². The van der Waals surface area contributed by atoms with E-state index in [1.807, 2.05) is 38.1 Å². The summed E-state index contributed by atoms with van der Waals surface area (Å²) in [4.78, 5) is 18.3. The van der Waals surface area contributed by atoms with Crippen molar-refractivity contribution in [3.05, 3.63) is 59.9 Å². The van der Waals surface area contributed by atoms with E-state index in [4.69, 9.17) is 4.74 Å². The lowest BCUT2D eigenvalue weighted by Gasteiger charge is -2.23. The summed E-state index contributed by atoms with van der Waals surface area (Å²) < 4.78 is 20.4. The van der Waals surface area contributed by atoms with Crippen LogP contribution in [-0.4, -0.2) is 57.2 Å². The monoisotopic (exact) mass is 427 g/mol. The Hall–Kier alpha value is -2.86. The van der Waals surface area contributed by atoms with Crippen LogP contribution in [0.4, 0.5) is 15.8 Å². The van der Waals surface area contributed by atoms with Gasteiger partial charge in [-0.05, 0) is 76.3 Å². The van der Waals surface area contributed by atoms with Gasteiger partial charge in [0, 0.05) is 39.4 Å². The molecule has 1 aliphatic rings. The molecule has 1 fully saturated rings. The molecule has 168 valence electrons. The maximum absolute atomic E-state index is 14.8. The molecule has 0 radical (unpaired) electrons. The number of halogens is 1. The average Bonchev–Trinajstić information content (AvgIpc) is 3.22. The zero-order valence-electron chi connectivity index (χ0n) is 19.0. The maximum atomic E-state index is 14.8. The molecule has 0 bridgehead atoms. The summed E-state index contributed by atoms with van der Waals surface area (Å²) in [7, 11) is 5.75. The normalized spacial score (nSPS) is 16.5. The molecule has 5 nitrogen and oxygen atoms in total. The van der Waals surface area contributed by atoms with Crippen molar-refractivity contribution in [3.8, 4) is 5.75 Å². The van der Waals surface area contributed by atoms with Gasteiger partial charge >= 0.3 is 0 Å². The third-order valence-corrected chi connectivity index (χ3v) is 5.55. The van der Waals surface area contributed by atoms with Crippen LogP contribution >= 0.6 is 0 Å². The minimum absolute atomic E-state index is 0. The first-order chi connectivity index (χ1) is 14.7. The van der Waals surface area contributed by atoms with Crippen molar-refractivity contribution in [2.75, 3.05) is 44.0 Å². The smallest absolute Gasteiger partial charge is 0.250 e. The number of carbonyl (C=O) groups excluding carboxylic acids is 1. The van der Waals surface area contributed by atoms with Crippen LogP contribution in [0.3, 0.4) is 0 Å². The second-order valence-electron chi connectivity index (χ2n) is 8.45. The fraction of sp³-hybridized carbons (Fsp3) is 0.400. The van der Waals surface area contributed by atoms with Crippen LogP contribution in [-0.2, 0) is 4.79 Å². The lowest BCUT2D eigenvalue weighted by atomic mass is 10.2. The first-order valence-corrected chi connectivity index (χ1v) is 10.7. The molecule has 1 aliphatic heterocycles. The predicted octanol–water partition coefficient (Wildman–Crippen LogP) is 4.68. The summed E-state index contributed by atoms with van der Waals surface area (Å²) in [6, 6.07) is 13.0. The van der Waals surface area contributed by atoms with Crippen LogP contribution in [0, 0.1) is 5.82 Å². The summed E-state index contributed by atoms with van der Waals surface area (Å²) in [5.41, 5.74) is 2.01. The van der Waals surface area contributed by atoms with E-state index in [-0.39, 0.29) is 19.3 Å². The number of carbonyl (C=O) groups is 1. The van der Waals surface area contributed by atoms with E-state index >= 15 is 0 Å². The molecule has 6 heteroatoms. The van der Waals surface area contributed by atoms with Crippen LogP contribution in [0.15, 0.2) is 48.5 Å². The Balaban J connectivity index is 0.00000363. The Morgan fingerprint density at radius 1 is 1.19 bits per heavy atom. The van der Waals surface area contributed by atoms with Crippen molar-refractivity contribution in [2.45, 2.75) is 32.4 Å². The van der Waals surface area contributed by atoms with Crippen molar-refractivity contribution in [1.82, 2.24) is 4.90 Å². The van der Waals surface area contributed by atoms with Gasteiger partial charge in [-0.3, -0.25) is 4.79 Å². The SMILES string of the molecule is CC(C)Oc1ccc(/C=C/C(=O)N(C)c2ccc(N3CCC(N(C)C)C3)c(F)c2)cc1.[HH]. The summed E-state index contributed by atoms with van der Waals surface area (Å²) in [5.74, 6) is 0.269. The van der Waals surface area contributed by atoms with E-state index < -0.39 is 0 Å². The number of anilines is 2. The van der Waals surface area contributed by atoms with Crippen LogP contribution in [0.1, 0.15) is 27.3 Å². The molecule has 0 aromatic heterocycles. The second kappa shape index (κ2) is 9.96. The van der Waals surface area contributed by atoms with Gasteiger partial charge in [0.2, 0.25) is 0 Å². The van der Waals surface area contributed by atoms with Crippen molar-refractivity contribution < 1.29 is 15.3 Å².